The maximum atomic E-state index is 13.1. The maximum absolute atomic E-state index is 13.1. The van der Waals surface area contributed by atoms with Crippen molar-refractivity contribution in [3.63, 3.8) is 0 Å². The molecular formula is C19H27F3N4O3. The van der Waals surface area contributed by atoms with Crippen molar-refractivity contribution in [2.24, 2.45) is 0 Å². The standard InChI is InChI=1S/C19H27F3N4O3/c1-5-28-11-8-14-12-15(25-16(24-14)19(20,21)22)23-13-6-9-26(10-7-13)17(27)29-18(2,3)4/h8,11-13H,5-7,9-10H2,1-4H3,(H,23,24,25). The Morgan fingerprint density at radius 1 is 1.28 bits per heavy atom. The van der Waals surface area contributed by atoms with Crippen molar-refractivity contribution < 1.29 is 27.4 Å². The summed E-state index contributed by atoms with van der Waals surface area (Å²) in [5, 5.41) is 3.03. The highest BCUT2D eigenvalue weighted by atomic mass is 19.4. The first-order valence-corrected chi connectivity index (χ1v) is 9.47. The third kappa shape index (κ3) is 7.43. The normalized spacial score (nSPS) is 16.2. The van der Waals surface area contributed by atoms with Gasteiger partial charge in [-0.3, -0.25) is 0 Å². The van der Waals surface area contributed by atoms with Gasteiger partial charge < -0.3 is 19.7 Å². The first-order chi connectivity index (χ1) is 13.5. The number of ether oxygens (including phenoxy) is 2. The van der Waals surface area contributed by atoms with Crippen LogP contribution in [0.3, 0.4) is 0 Å². The van der Waals surface area contributed by atoms with Gasteiger partial charge in [-0.25, -0.2) is 14.8 Å². The second kappa shape index (κ2) is 9.32. The minimum atomic E-state index is -4.66. The van der Waals surface area contributed by atoms with Gasteiger partial charge in [-0.1, -0.05) is 0 Å². The van der Waals surface area contributed by atoms with Crippen LogP contribution in [0.4, 0.5) is 23.8 Å². The van der Waals surface area contributed by atoms with Gasteiger partial charge in [-0.05, 0) is 46.6 Å². The number of rotatable bonds is 5. The summed E-state index contributed by atoms with van der Waals surface area (Å²) in [6.45, 7) is 8.44. The van der Waals surface area contributed by atoms with Gasteiger partial charge >= 0.3 is 12.3 Å². The molecule has 1 saturated heterocycles. The quantitative estimate of drug-likeness (QED) is 0.721. The molecule has 1 aliphatic heterocycles. The lowest BCUT2D eigenvalue weighted by Crippen LogP contribution is -2.44. The average Bonchev–Trinajstić information content (AvgIpc) is 2.60. The van der Waals surface area contributed by atoms with Crippen LogP contribution in [-0.2, 0) is 15.7 Å². The van der Waals surface area contributed by atoms with Crippen LogP contribution in [0.5, 0.6) is 0 Å². The predicted molar refractivity (Wildman–Crippen MR) is 102 cm³/mol. The molecule has 1 N–H and O–H groups in total. The van der Waals surface area contributed by atoms with Gasteiger partial charge in [0.1, 0.15) is 11.4 Å². The van der Waals surface area contributed by atoms with Crippen molar-refractivity contribution in [3.05, 3.63) is 23.8 Å². The Bertz CT molecular complexity index is 724. The number of nitrogens with zero attached hydrogens (tertiary/aromatic N) is 3. The van der Waals surface area contributed by atoms with Gasteiger partial charge in [-0.15, -0.1) is 0 Å². The highest BCUT2D eigenvalue weighted by Gasteiger charge is 2.35. The number of carbonyl (C=O) groups excluding carboxylic acids is 1. The summed E-state index contributed by atoms with van der Waals surface area (Å²) in [5.41, 5.74) is -0.485. The van der Waals surface area contributed by atoms with E-state index >= 15 is 0 Å². The van der Waals surface area contributed by atoms with E-state index in [4.69, 9.17) is 9.47 Å². The first kappa shape index (κ1) is 22.8. The molecule has 0 spiro atoms. The number of alkyl halides is 3. The maximum Gasteiger partial charge on any atom is 0.451 e. The van der Waals surface area contributed by atoms with Crippen LogP contribution in [-0.4, -0.2) is 52.3 Å². The van der Waals surface area contributed by atoms with Crippen LogP contribution in [0, 0.1) is 0 Å². The minimum Gasteiger partial charge on any atom is -0.501 e. The molecule has 10 heteroatoms. The number of likely N-dealkylation sites (tertiary alicyclic amines) is 1. The topological polar surface area (TPSA) is 76.6 Å². The second-order valence-electron chi connectivity index (χ2n) is 7.64. The Labute approximate surface area is 168 Å². The van der Waals surface area contributed by atoms with Gasteiger partial charge in [0, 0.05) is 25.2 Å². The molecular weight excluding hydrogens is 389 g/mol. The first-order valence-electron chi connectivity index (χ1n) is 9.47. The summed E-state index contributed by atoms with van der Waals surface area (Å²) in [6, 6.07) is 1.32. The Morgan fingerprint density at radius 2 is 1.93 bits per heavy atom. The lowest BCUT2D eigenvalue weighted by molar-refractivity contribution is -0.144. The molecule has 0 aromatic carbocycles. The molecule has 0 unspecified atom stereocenters. The van der Waals surface area contributed by atoms with Crippen LogP contribution >= 0.6 is 0 Å². The minimum absolute atomic E-state index is 0.0826. The monoisotopic (exact) mass is 416 g/mol. The SMILES string of the molecule is CCOC=Cc1cc(NC2CCN(C(=O)OC(C)(C)C)CC2)nc(C(F)(F)F)n1. The van der Waals surface area contributed by atoms with Crippen molar-refractivity contribution in [2.45, 2.75) is 58.4 Å². The number of piperidine rings is 1. The Kier molecular flexibility index (Phi) is 7.32. The predicted octanol–water partition coefficient (Wildman–Crippen LogP) is 4.31. The summed E-state index contributed by atoms with van der Waals surface area (Å²) in [4.78, 5) is 20.8. The molecule has 1 aromatic rings. The molecule has 162 valence electrons. The van der Waals surface area contributed by atoms with Crippen molar-refractivity contribution in [3.8, 4) is 0 Å². The molecule has 0 saturated carbocycles. The van der Waals surface area contributed by atoms with Crippen molar-refractivity contribution >= 4 is 18.0 Å². The summed E-state index contributed by atoms with van der Waals surface area (Å²) in [6.07, 6.45) is -1.27. The third-order valence-corrected chi connectivity index (χ3v) is 4.00. The number of carbonyl (C=O) groups is 1. The molecule has 1 fully saturated rings. The lowest BCUT2D eigenvalue weighted by Gasteiger charge is -2.34. The number of amides is 1. The Hall–Kier alpha value is -2.52. The van der Waals surface area contributed by atoms with Crippen LogP contribution in [0.1, 0.15) is 52.1 Å². The fourth-order valence-electron chi connectivity index (χ4n) is 2.71. The lowest BCUT2D eigenvalue weighted by atomic mass is 10.1. The highest BCUT2D eigenvalue weighted by Crippen LogP contribution is 2.28. The molecule has 0 radical (unpaired) electrons. The molecule has 0 atom stereocenters. The highest BCUT2D eigenvalue weighted by molar-refractivity contribution is 5.68. The smallest absolute Gasteiger partial charge is 0.451 e. The molecule has 1 amide bonds. The van der Waals surface area contributed by atoms with E-state index in [0.29, 0.717) is 32.5 Å². The van der Waals surface area contributed by atoms with Crippen molar-refractivity contribution in [1.29, 1.82) is 0 Å². The number of aromatic nitrogens is 2. The average molecular weight is 416 g/mol. The summed E-state index contributed by atoms with van der Waals surface area (Å²) in [5.74, 6) is -1.14. The fourth-order valence-corrected chi connectivity index (χ4v) is 2.71. The zero-order chi connectivity index (χ0) is 21.7. The summed E-state index contributed by atoms with van der Waals surface area (Å²) in [7, 11) is 0. The largest absolute Gasteiger partial charge is 0.501 e. The van der Waals surface area contributed by atoms with Crippen LogP contribution in [0.2, 0.25) is 0 Å². The molecule has 0 bridgehead atoms. The third-order valence-electron chi connectivity index (χ3n) is 4.00. The molecule has 2 rings (SSSR count). The van der Waals surface area contributed by atoms with Crippen LogP contribution in [0.25, 0.3) is 6.08 Å². The number of nitrogens with one attached hydrogen (secondary N) is 1. The van der Waals surface area contributed by atoms with Crippen LogP contribution < -0.4 is 5.32 Å². The van der Waals surface area contributed by atoms with Gasteiger partial charge in [0.25, 0.3) is 0 Å². The van der Waals surface area contributed by atoms with E-state index in [1.807, 2.05) is 0 Å². The van der Waals surface area contributed by atoms with E-state index in [-0.39, 0.29) is 23.6 Å². The Balaban J connectivity index is 2.04. The van der Waals surface area contributed by atoms with Gasteiger partial charge in [0.05, 0.1) is 18.6 Å². The number of hydrogen-bond acceptors (Lipinski definition) is 6. The number of anilines is 1. The molecule has 29 heavy (non-hydrogen) atoms. The van der Waals surface area contributed by atoms with E-state index < -0.39 is 17.6 Å². The van der Waals surface area contributed by atoms with Crippen molar-refractivity contribution in [2.75, 3.05) is 25.0 Å². The molecule has 1 aromatic heterocycles. The van der Waals surface area contributed by atoms with E-state index in [2.05, 4.69) is 15.3 Å². The fraction of sp³-hybridized carbons (Fsp3) is 0.632. The van der Waals surface area contributed by atoms with E-state index in [1.54, 1.807) is 32.6 Å². The molecule has 7 nitrogen and oxygen atoms in total. The molecule has 1 aliphatic rings. The zero-order valence-electron chi connectivity index (χ0n) is 17.0. The van der Waals surface area contributed by atoms with E-state index in [9.17, 15) is 18.0 Å². The summed E-state index contributed by atoms with van der Waals surface area (Å²) < 4.78 is 49.7. The van der Waals surface area contributed by atoms with Gasteiger partial charge in [0.15, 0.2) is 0 Å². The number of halogens is 3. The van der Waals surface area contributed by atoms with Gasteiger partial charge in [-0.2, -0.15) is 13.2 Å². The molecule has 0 aliphatic carbocycles. The molecule has 2 heterocycles. The van der Waals surface area contributed by atoms with Gasteiger partial charge in [0.2, 0.25) is 5.82 Å². The zero-order valence-corrected chi connectivity index (χ0v) is 17.0. The van der Waals surface area contributed by atoms with E-state index in [1.165, 1.54) is 18.4 Å². The second-order valence-corrected chi connectivity index (χ2v) is 7.64. The van der Waals surface area contributed by atoms with Crippen LogP contribution in [0.15, 0.2) is 12.3 Å². The number of hydrogen-bond donors (Lipinski definition) is 1. The van der Waals surface area contributed by atoms with E-state index in [0.717, 1.165) is 0 Å². The summed E-state index contributed by atoms with van der Waals surface area (Å²) >= 11 is 0. The Morgan fingerprint density at radius 3 is 2.48 bits per heavy atom. The van der Waals surface area contributed by atoms with Crippen molar-refractivity contribution in [1.82, 2.24) is 14.9 Å².